The monoisotopic (exact) mass is 258 g/mol. The van der Waals surface area contributed by atoms with Gasteiger partial charge in [-0.3, -0.25) is 4.90 Å². The van der Waals surface area contributed by atoms with Gasteiger partial charge in [-0.05, 0) is 32.7 Å². The summed E-state index contributed by atoms with van der Waals surface area (Å²) >= 11 is 0. The van der Waals surface area contributed by atoms with Gasteiger partial charge in [0.05, 0.1) is 12.7 Å². The minimum Gasteiger partial charge on any atom is -0.383 e. The maximum atomic E-state index is 5.85. The fourth-order valence-electron chi connectivity index (χ4n) is 2.41. The SMILES string of the molecule is CCCOC1CCCN(CCNC(C)COC)C1. The molecule has 2 unspecified atom stereocenters. The molecule has 0 radical (unpaired) electrons. The highest BCUT2D eigenvalue weighted by molar-refractivity contribution is 4.74. The van der Waals surface area contributed by atoms with Crippen molar-refractivity contribution in [2.45, 2.75) is 45.3 Å². The lowest BCUT2D eigenvalue weighted by molar-refractivity contribution is 0.000108. The van der Waals surface area contributed by atoms with E-state index in [2.05, 4.69) is 24.1 Å². The third kappa shape index (κ3) is 6.69. The molecular weight excluding hydrogens is 228 g/mol. The van der Waals surface area contributed by atoms with E-state index < -0.39 is 0 Å². The summed E-state index contributed by atoms with van der Waals surface area (Å²) in [4.78, 5) is 2.51. The van der Waals surface area contributed by atoms with Crippen molar-refractivity contribution >= 4 is 0 Å². The average molecular weight is 258 g/mol. The van der Waals surface area contributed by atoms with Crippen LogP contribution >= 0.6 is 0 Å². The molecule has 0 saturated carbocycles. The van der Waals surface area contributed by atoms with E-state index in [0.717, 1.165) is 39.3 Å². The van der Waals surface area contributed by atoms with Crippen LogP contribution in [0.4, 0.5) is 0 Å². The summed E-state index contributed by atoms with van der Waals surface area (Å²) in [6, 6.07) is 0.437. The number of likely N-dealkylation sites (tertiary alicyclic amines) is 1. The van der Waals surface area contributed by atoms with Gasteiger partial charge >= 0.3 is 0 Å². The van der Waals surface area contributed by atoms with Crippen LogP contribution in [0, 0.1) is 0 Å². The van der Waals surface area contributed by atoms with Gasteiger partial charge in [-0.25, -0.2) is 0 Å². The minimum atomic E-state index is 0.437. The molecule has 0 spiro atoms. The van der Waals surface area contributed by atoms with E-state index in [9.17, 15) is 0 Å². The molecule has 2 atom stereocenters. The van der Waals surface area contributed by atoms with Crippen LogP contribution in [0.25, 0.3) is 0 Å². The molecule has 0 aromatic carbocycles. The standard InChI is InChI=1S/C14H30N2O2/c1-4-10-18-14-6-5-8-16(11-14)9-7-15-13(2)12-17-3/h13-15H,4-12H2,1-3H3. The Balaban J connectivity index is 2.10. The molecule has 1 aliphatic heterocycles. The fraction of sp³-hybridized carbons (Fsp3) is 1.00. The van der Waals surface area contributed by atoms with E-state index in [-0.39, 0.29) is 0 Å². The highest BCUT2D eigenvalue weighted by atomic mass is 16.5. The molecule has 1 rings (SSSR count). The lowest BCUT2D eigenvalue weighted by Crippen LogP contribution is -2.44. The van der Waals surface area contributed by atoms with Crippen molar-refractivity contribution in [3.05, 3.63) is 0 Å². The molecule has 0 bridgehead atoms. The highest BCUT2D eigenvalue weighted by Crippen LogP contribution is 2.12. The third-order valence-corrected chi connectivity index (χ3v) is 3.36. The van der Waals surface area contributed by atoms with E-state index in [4.69, 9.17) is 9.47 Å². The number of nitrogens with zero attached hydrogens (tertiary/aromatic N) is 1. The topological polar surface area (TPSA) is 33.7 Å². The van der Waals surface area contributed by atoms with E-state index >= 15 is 0 Å². The predicted octanol–water partition coefficient (Wildman–Crippen LogP) is 1.50. The average Bonchev–Trinajstić information content (AvgIpc) is 2.37. The van der Waals surface area contributed by atoms with Crippen molar-refractivity contribution in [3.63, 3.8) is 0 Å². The van der Waals surface area contributed by atoms with Crippen LogP contribution in [-0.4, -0.2) is 63.5 Å². The first-order valence-corrected chi connectivity index (χ1v) is 7.32. The van der Waals surface area contributed by atoms with Crippen molar-refractivity contribution in [2.24, 2.45) is 0 Å². The summed E-state index contributed by atoms with van der Waals surface area (Å²) in [6.07, 6.45) is 4.06. The second kappa shape index (κ2) is 9.73. The molecule has 0 amide bonds. The number of hydrogen-bond donors (Lipinski definition) is 1. The zero-order valence-electron chi connectivity index (χ0n) is 12.3. The molecule has 0 aromatic heterocycles. The minimum absolute atomic E-state index is 0.437. The number of rotatable bonds is 9. The summed E-state index contributed by atoms with van der Waals surface area (Å²) in [5.74, 6) is 0. The highest BCUT2D eigenvalue weighted by Gasteiger charge is 2.19. The summed E-state index contributed by atoms with van der Waals surface area (Å²) in [5, 5.41) is 3.48. The summed E-state index contributed by atoms with van der Waals surface area (Å²) < 4.78 is 11.0. The first-order valence-electron chi connectivity index (χ1n) is 7.32. The van der Waals surface area contributed by atoms with Gasteiger partial charge in [0, 0.05) is 39.4 Å². The molecule has 4 heteroatoms. The smallest absolute Gasteiger partial charge is 0.0702 e. The summed E-state index contributed by atoms with van der Waals surface area (Å²) in [5.41, 5.74) is 0. The second-order valence-corrected chi connectivity index (χ2v) is 5.25. The number of hydrogen-bond acceptors (Lipinski definition) is 4. The van der Waals surface area contributed by atoms with Crippen molar-refractivity contribution in [3.8, 4) is 0 Å². The Morgan fingerprint density at radius 2 is 2.28 bits per heavy atom. The number of piperidine rings is 1. The van der Waals surface area contributed by atoms with Crippen LogP contribution in [0.2, 0.25) is 0 Å². The Labute approximate surface area is 112 Å². The second-order valence-electron chi connectivity index (χ2n) is 5.25. The van der Waals surface area contributed by atoms with E-state index in [1.807, 2.05) is 0 Å². The van der Waals surface area contributed by atoms with Crippen LogP contribution in [0.15, 0.2) is 0 Å². The Bertz CT molecular complexity index is 202. The summed E-state index contributed by atoms with van der Waals surface area (Å²) in [7, 11) is 1.75. The summed E-state index contributed by atoms with van der Waals surface area (Å²) in [6.45, 7) is 10.5. The quantitative estimate of drug-likeness (QED) is 0.679. The van der Waals surface area contributed by atoms with Crippen LogP contribution < -0.4 is 5.32 Å². The predicted molar refractivity (Wildman–Crippen MR) is 75.0 cm³/mol. The van der Waals surface area contributed by atoms with Gasteiger partial charge in [0.25, 0.3) is 0 Å². The van der Waals surface area contributed by atoms with Crippen LogP contribution in [0.1, 0.15) is 33.1 Å². The van der Waals surface area contributed by atoms with Crippen molar-refractivity contribution in [1.29, 1.82) is 0 Å². The molecule has 1 N–H and O–H groups in total. The van der Waals surface area contributed by atoms with Gasteiger partial charge < -0.3 is 14.8 Å². The van der Waals surface area contributed by atoms with Crippen molar-refractivity contribution in [1.82, 2.24) is 10.2 Å². The van der Waals surface area contributed by atoms with Gasteiger partial charge in [0.2, 0.25) is 0 Å². The van der Waals surface area contributed by atoms with Crippen LogP contribution in [-0.2, 0) is 9.47 Å². The molecule has 1 aliphatic rings. The molecule has 4 nitrogen and oxygen atoms in total. The van der Waals surface area contributed by atoms with Gasteiger partial charge in [0.1, 0.15) is 0 Å². The molecule has 108 valence electrons. The maximum absolute atomic E-state index is 5.85. The van der Waals surface area contributed by atoms with Crippen molar-refractivity contribution < 1.29 is 9.47 Å². The maximum Gasteiger partial charge on any atom is 0.0702 e. The zero-order valence-corrected chi connectivity index (χ0v) is 12.3. The van der Waals surface area contributed by atoms with Gasteiger partial charge in [0.15, 0.2) is 0 Å². The van der Waals surface area contributed by atoms with Gasteiger partial charge in [-0.1, -0.05) is 6.92 Å². The molecule has 1 heterocycles. The lowest BCUT2D eigenvalue weighted by Gasteiger charge is -2.32. The lowest BCUT2D eigenvalue weighted by atomic mass is 10.1. The largest absolute Gasteiger partial charge is 0.383 e. The molecule has 1 fully saturated rings. The number of ether oxygens (including phenoxy) is 2. The third-order valence-electron chi connectivity index (χ3n) is 3.36. The first-order chi connectivity index (χ1) is 8.76. The zero-order chi connectivity index (χ0) is 13.2. The van der Waals surface area contributed by atoms with E-state index in [1.54, 1.807) is 7.11 Å². The molecule has 0 aliphatic carbocycles. The Morgan fingerprint density at radius 1 is 1.44 bits per heavy atom. The Hall–Kier alpha value is -0.160. The number of nitrogens with one attached hydrogen (secondary N) is 1. The normalized spacial score (nSPS) is 23.2. The Morgan fingerprint density at radius 3 is 3.00 bits per heavy atom. The number of methoxy groups -OCH3 is 1. The molecule has 18 heavy (non-hydrogen) atoms. The molecule has 0 aromatic rings. The Kier molecular flexibility index (Phi) is 8.59. The molecule has 1 saturated heterocycles. The first kappa shape index (κ1) is 15.9. The van der Waals surface area contributed by atoms with Crippen LogP contribution in [0.5, 0.6) is 0 Å². The fourth-order valence-corrected chi connectivity index (χ4v) is 2.41. The molecular formula is C14H30N2O2. The van der Waals surface area contributed by atoms with E-state index in [1.165, 1.54) is 19.4 Å². The van der Waals surface area contributed by atoms with Crippen LogP contribution in [0.3, 0.4) is 0 Å². The van der Waals surface area contributed by atoms with Gasteiger partial charge in [-0.15, -0.1) is 0 Å². The van der Waals surface area contributed by atoms with E-state index in [0.29, 0.717) is 12.1 Å². The van der Waals surface area contributed by atoms with Crippen molar-refractivity contribution in [2.75, 3.05) is 46.5 Å². The van der Waals surface area contributed by atoms with Gasteiger partial charge in [-0.2, -0.15) is 0 Å².